The zero-order valence-electron chi connectivity index (χ0n) is 11.2. The molecule has 0 saturated heterocycles. The Hall–Kier alpha value is -1.47. The fraction of sp³-hybridized carbons (Fsp3) is 0.385. The van der Waals surface area contributed by atoms with E-state index in [1.54, 1.807) is 24.3 Å². The molecule has 0 aliphatic heterocycles. The number of hydrogen-bond acceptors (Lipinski definition) is 5. The molecule has 110 valence electrons. The Bertz CT molecular complexity index is 579. The van der Waals surface area contributed by atoms with E-state index in [1.807, 2.05) is 6.92 Å². The molecule has 0 radical (unpaired) electrons. The lowest BCUT2D eigenvalue weighted by Crippen LogP contribution is -2.20. The van der Waals surface area contributed by atoms with Crippen LogP contribution in [0.4, 0.5) is 0 Å². The fourth-order valence-corrected chi connectivity index (χ4v) is 2.89. The highest BCUT2D eigenvalue weighted by Gasteiger charge is 2.18. The molecular weight excluding hydrogens is 298 g/mol. The van der Waals surface area contributed by atoms with E-state index in [0.29, 0.717) is 17.5 Å². The molecule has 7 heteroatoms. The van der Waals surface area contributed by atoms with Gasteiger partial charge in [0.2, 0.25) is 0 Å². The van der Waals surface area contributed by atoms with E-state index in [2.05, 4.69) is 0 Å². The number of sulfone groups is 1. The fourth-order valence-electron chi connectivity index (χ4n) is 1.51. The van der Waals surface area contributed by atoms with Gasteiger partial charge in [-0.3, -0.25) is 4.79 Å². The second-order valence-electron chi connectivity index (χ2n) is 4.31. The zero-order chi connectivity index (χ0) is 15.2. The molecule has 0 unspecified atom stereocenters. The molecule has 0 fully saturated rings. The van der Waals surface area contributed by atoms with Crippen LogP contribution in [0.1, 0.15) is 24.5 Å². The number of rotatable bonds is 7. The van der Waals surface area contributed by atoms with Crippen LogP contribution >= 0.6 is 12.2 Å². The van der Waals surface area contributed by atoms with Gasteiger partial charge >= 0.3 is 5.97 Å². The van der Waals surface area contributed by atoms with Gasteiger partial charge in [0.25, 0.3) is 0 Å². The normalized spacial score (nSPS) is 11.1. The molecule has 0 saturated carbocycles. The first-order chi connectivity index (χ1) is 9.34. The van der Waals surface area contributed by atoms with Crippen LogP contribution in [0.15, 0.2) is 24.3 Å². The molecule has 0 aliphatic carbocycles. The number of ether oxygens (including phenoxy) is 1. The second-order valence-corrected chi connectivity index (χ2v) is 6.82. The number of carbonyl (C=O) groups is 1. The topological polar surface area (TPSA) is 86.5 Å². The van der Waals surface area contributed by atoms with E-state index in [1.165, 1.54) is 0 Å². The molecule has 0 spiro atoms. The number of thiocarbonyl (C=S) groups is 1. The maximum Gasteiger partial charge on any atom is 0.321 e. The predicted molar refractivity (Wildman–Crippen MR) is 81.1 cm³/mol. The Morgan fingerprint density at radius 3 is 2.40 bits per heavy atom. The minimum absolute atomic E-state index is 0.216. The second kappa shape index (κ2) is 7.35. The highest BCUT2D eigenvalue weighted by atomic mass is 32.2. The Balaban J connectivity index is 2.66. The minimum Gasteiger partial charge on any atom is -0.465 e. The van der Waals surface area contributed by atoms with Crippen LogP contribution in [0.5, 0.6) is 0 Å². The van der Waals surface area contributed by atoms with Crippen molar-refractivity contribution < 1.29 is 17.9 Å². The van der Waals surface area contributed by atoms with E-state index in [4.69, 9.17) is 22.7 Å². The quantitative estimate of drug-likeness (QED) is 0.601. The average Bonchev–Trinajstić information content (AvgIpc) is 2.35. The summed E-state index contributed by atoms with van der Waals surface area (Å²) in [6.07, 6.45) is 0.659. The van der Waals surface area contributed by atoms with Gasteiger partial charge in [0, 0.05) is 5.56 Å². The molecular formula is C13H17NO4S2. The van der Waals surface area contributed by atoms with Crippen molar-refractivity contribution in [3.8, 4) is 0 Å². The third-order valence-corrected chi connectivity index (χ3v) is 4.11. The summed E-state index contributed by atoms with van der Waals surface area (Å²) in [5, 5.41) is 0. The maximum absolute atomic E-state index is 11.8. The minimum atomic E-state index is -3.54. The summed E-state index contributed by atoms with van der Waals surface area (Å²) in [5.74, 6) is -1.54. The van der Waals surface area contributed by atoms with Crippen molar-refractivity contribution >= 4 is 33.0 Å². The lowest BCUT2D eigenvalue weighted by Gasteiger charge is -2.06. The number of carbonyl (C=O) groups excluding carboxylic acids is 1. The molecule has 1 aromatic carbocycles. The summed E-state index contributed by atoms with van der Waals surface area (Å²) in [6, 6.07) is 6.57. The van der Waals surface area contributed by atoms with Crippen LogP contribution in [0.2, 0.25) is 0 Å². The number of esters is 1. The van der Waals surface area contributed by atoms with Gasteiger partial charge in [0.05, 0.1) is 12.4 Å². The van der Waals surface area contributed by atoms with Crippen LogP contribution < -0.4 is 5.73 Å². The van der Waals surface area contributed by atoms with Crippen molar-refractivity contribution in [2.45, 2.75) is 19.1 Å². The smallest absolute Gasteiger partial charge is 0.321 e. The molecule has 20 heavy (non-hydrogen) atoms. The number of benzene rings is 1. The highest BCUT2D eigenvalue weighted by Crippen LogP contribution is 2.09. The summed E-state index contributed by atoms with van der Waals surface area (Å²) in [7, 11) is -3.54. The van der Waals surface area contributed by atoms with Crippen molar-refractivity contribution in [1.82, 2.24) is 0 Å². The van der Waals surface area contributed by atoms with Gasteiger partial charge in [0.15, 0.2) is 9.84 Å². The molecule has 5 nitrogen and oxygen atoms in total. The van der Waals surface area contributed by atoms with E-state index in [0.717, 1.165) is 0 Å². The van der Waals surface area contributed by atoms with Crippen LogP contribution in [-0.4, -0.2) is 31.7 Å². The molecule has 2 N–H and O–H groups in total. The third kappa shape index (κ3) is 5.66. The summed E-state index contributed by atoms with van der Waals surface area (Å²) in [4.78, 5) is 11.6. The largest absolute Gasteiger partial charge is 0.465 e. The van der Waals surface area contributed by atoms with Crippen LogP contribution in [-0.2, 0) is 25.1 Å². The number of hydrogen-bond donors (Lipinski definition) is 1. The van der Waals surface area contributed by atoms with E-state index >= 15 is 0 Å². The lowest BCUT2D eigenvalue weighted by molar-refractivity contribution is -0.140. The van der Waals surface area contributed by atoms with Crippen molar-refractivity contribution in [2.24, 2.45) is 5.73 Å². The van der Waals surface area contributed by atoms with Crippen molar-refractivity contribution in [3.05, 3.63) is 35.4 Å². The summed E-state index contributed by atoms with van der Waals surface area (Å²) in [5.41, 5.74) is 6.70. The zero-order valence-corrected chi connectivity index (χ0v) is 12.8. The molecule has 0 bridgehead atoms. The Labute approximate surface area is 124 Å². The Morgan fingerprint density at radius 2 is 1.90 bits per heavy atom. The molecule has 0 heterocycles. The van der Waals surface area contributed by atoms with Gasteiger partial charge in [-0.05, 0) is 12.0 Å². The first-order valence-electron chi connectivity index (χ1n) is 6.09. The van der Waals surface area contributed by atoms with Gasteiger partial charge in [-0.2, -0.15) is 0 Å². The first kappa shape index (κ1) is 16.6. The average molecular weight is 315 g/mol. The third-order valence-electron chi connectivity index (χ3n) is 2.43. The molecule has 0 atom stereocenters. The van der Waals surface area contributed by atoms with Gasteiger partial charge in [-0.15, -0.1) is 0 Å². The van der Waals surface area contributed by atoms with Crippen LogP contribution in [0.25, 0.3) is 0 Å². The van der Waals surface area contributed by atoms with Crippen molar-refractivity contribution in [3.63, 3.8) is 0 Å². The molecule has 1 aromatic rings. The molecule has 0 amide bonds. The molecule has 0 aromatic heterocycles. The molecule has 1 rings (SSSR count). The monoisotopic (exact) mass is 315 g/mol. The summed E-state index contributed by atoms with van der Waals surface area (Å²) < 4.78 is 28.4. The van der Waals surface area contributed by atoms with Gasteiger partial charge < -0.3 is 10.5 Å². The number of nitrogens with two attached hydrogens (primary N) is 1. The Kier molecular flexibility index (Phi) is 6.09. The summed E-state index contributed by atoms with van der Waals surface area (Å²) in [6.45, 7) is 2.07. The SMILES string of the molecule is CCCOC(=O)CS(=O)(=O)Cc1ccc(C(N)=S)cc1. The van der Waals surface area contributed by atoms with Crippen LogP contribution in [0.3, 0.4) is 0 Å². The van der Waals surface area contributed by atoms with E-state index < -0.39 is 21.6 Å². The standard InChI is InChI=1S/C13H17NO4S2/c1-2-7-18-12(15)9-20(16,17)8-10-3-5-11(6-4-10)13(14)19/h3-6H,2,7-9H2,1H3,(H2,14,19). The van der Waals surface area contributed by atoms with Crippen molar-refractivity contribution in [2.75, 3.05) is 12.4 Å². The van der Waals surface area contributed by atoms with Crippen molar-refractivity contribution in [1.29, 1.82) is 0 Å². The van der Waals surface area contributed by atoms with Gasteiger partial charge in [-0.25, -0.2) is 8.42 Å². The lowest BCUT2D eigenvalue weighted by atomic mass is 10.1. The highest BCUT2D eigenvalue weighted by molar-refractivity contribution is 7.91. The maximum atomic E-state index is 11.8. The van der Waals surface area contributed by atoms with Gasteiger partial charge in [0.1, 0.15) is 10.7 Å². The van der Waals surface area contributed by atoms with Crippen LogP contribution in [0, 0.1) is 0 Å². The molecule has 0 aliphatic rings. The summed E-state index contributed by atoms with van der Waals surface area (Å²) >= 11 is 4.81. The van der Waals surface area contributed by atoms with Gasteiger partial charge in [-0.1, -0.05) is 43.4 Å². The van der Waals surface area contributed by atoms with E-state index in [-0.39, 0.29) is 17.3 Å². The predicted octanol–water partition coefficient (Wildman–Crippen LogP) is 1.19. The first-order valence-corrected chi connectivity index (χ1v) is 8.32. The van der Waals surface area contributed by atoms with E-state index in [9.17, 15) is 13.2 Å². The Morgan fingerprint density at radius 1 is 1.30 bits per heavy atom.